The highest BCUT2D eigenvalue weighted by Crippen LogP contribution is 2.36. The van der Waals surface area contributed by atoms with E-state index in [9.17, 15) is 0 Å². The topological polar surface area (TPSA) is 21.3 Å². The highest BCUT2D eigenvalue weighted by Gasteiger charge is 2.27. The van der Waals surface area contributed by atoms with Crippen LogP contribution < -0.4 is 10.1 Å². The van der Waals surface area contributed by atoms with Crippen LogP contribution >= 0.6 is 0 Å². The van der Waals surface area contributed by atoms with Gasteiger partial charge in [0.05, 0.1) is 7.11 Å². The van der Waals surface area contributed by atoms with Gasteiger partial charge in [-0.25, -0.2) is 0 Å². The van der Waals surface area contributed by atoms with Crippen LogP contribution in [0.1, 0.15) is 63.1 Å². The van der Waals surface area contributed by atoms with E-state index in [1.165, 1.54) is 43.2 Å². The van der Waals surface area contributed by atoms with Crippen molar-refractivity contribution >= 4 is 0 Å². The summed E-state index contributed by atoms with van der Waals surface area (Å²) in [6.45, 7) is 7.87. The molecule has 1 atom stereocenters. The maximum absolute atomic E-state index is 5.52. The maximum Gasteiger partial charge on any atom is 0.123 e. The molecule has 2 heteroatoms. The van der Waals surface area contributed by atoms with Crippen LogP contribution in [0.5, 0.6) is 5.75 Å². The Balaban J connectivity index is 1.99. The van der Waals surface area contributed by atoms with Crippen molar-refractivity contribution in [1.82, 2.24) is 5.32 Å². The van der Waals surface area contributed by atoms with Crippen molar-refractivity contribution in [3.05, 3.63) is 29.3 Å². The van der Waals surface area contributed by atoms with Crippen molar-refractivity contribution in [3.63, 3.8) is 0 Å². The number of hydrogen-bond acceptors (Lipinski definition) is 2. The van der Waals surface area contributed by atoms with Gasteiger partial charge < -0.3 is 10.1 Å². The van der Waals surface area contributed by atoms with Gasteiger partial charge in [0.25, 0.3) is 0 Å². The third-order valence-electron chi connectivity index (χ3n) is 4.75. The van der Waals surface area contributed by atoms with Gasteiger partial charge >= 0.3 is 0 Å². The molecule has 0 radical (unpaired) electrons. The first-order valence-electron chi connectivity index (χ1n) is 7.92. The minimum absolute atomic E-state index is 0.337. The number of aryl methyl sites for hydroxylation is 1. The summed E-state index contributed by atoms with van der Waals surface area (Å²) in [5, 5.41) is 3.72. The number of rotatable bonds is 5. The number of ether oxygens (including phenoxy) is 1. The summed E-state index contributed by atoms with van der Waals surface area (Å²) >= 11 is 0. The summed E-state index contributed by atoms with van der Waals surface area (Å²) in [6.07, 6.45) is 6.91. The normalized spacial score (nSPS) is 19.6. The fraction of sp³-hybridized carbons (Fsp3) is 0.667. The van der Waals surface area contributed by atoms with Gasteiger partial charge in [0.15, 0.2) is 0 Å². The number of nitrogens with one attached hydrogen (secondary N) is 1. The van der Waals surface area contributed by atoms with E-state index in [1.54, 1.807) is 7.11 Å². The van der Waals surface area contributed by atoms with Gasteiger partial charge in [0.2, 0.25) is 0 Å². The lowest BCUT2D eigenvalue weighted by Crippen LogP contribution is -2.35. The van der Waals surface area contributed by atoms with Gasteiger partial charge in [0.1, 0.15) is 5.75 Å². The van der Waals surface area contributed by atoms with Gasteiger partial charge in [-0.1, -0.05) is 38.3 Å². The van der Waals surface area contributed by atoms with Crippen molar-refractivity contribution in [1.29, 1.82) is 0 Å². The smallest absolute Gasteiger partial charge is 0.123 e. The molecule has 1 N–H and O–H groups in total. The molecule has 0 amide bonds. The molecular weight excluding hydrogens is 246 g/mol. The summed E-state index contributed by atoms with van der Waals surface area (Å²) in [6, 6.07) is 6.81. The van der Waals surface area contributed by atoms with Crippen molar-refractivity contribution in [2.45, 2.75) is 58.9 Å². The van der Waals surface area contributed by atoms with Crippen LogP contribution in [0, 0.1) is 12.3 Å². The number of hydrogen-bond donors (Lipinski definition) is 1. The fourth-order valence-corrected chi connectivity index (χ4v) is 3.27. The van der Waals surface area contributed by atoms with Gasteiger partial charge in [-0.05, 0) is 43.7 Å². The van der Waals surface area contributed by atoms with E-state index in [0.29, 0.717) is 11.5 Å². The Morgan fingerprint density at radius 1 is 1.25 bits per heavy atom. The summed E-state index contributed by atoms with van der Waals surface area (Å²) in [5.74, 6) is 0.999. The van der Waals surface area contributed by atoms with Crippen LogP contribution in [0.15, 0.2) is 18.2 Å². The van der Waals surface area contributed by atoms with E-state index < -0.39 is 0 Å². The minimum Gasteiger partial charge on any atom is -0.496 e. The molecule has 1 aromatic rings. The molecule has 1 fully saturated rings. The number of benzene rings is 1. The van der Waals surface area contributed by atoms with E-state index >= 15 is 0 Å². The molecule has 1 saturated carbocycles. The standard InChI is InChI=1S/C18H29NO/c1-14-8-9-16(17(12-14)20-4)15(2)19-13-18(3)10-6-5-7-11-18/h8-9,12,15,19H,5-7,10-11,13H2,1-4H3. The second kappa shape index (κ2) is 6.62. The van der Waals surface area contributed by atoms with E-state index in [4.69, 9.17) is 4.74 Å². The monoisotopic (exact) mass is 275 g/mol. The molecule has 0 aliphatic heterocycles. The third-order valence-corrected chi connectivity index (χ3v) is 4.75. The second-order valence-corrected chi connectivity index (χ2v) is 6.72. The lowest BCUT2D eigenvalue weighted by Gasteiger charge is -2.35. The molecule has 0 bridgehead atoms. The SMILES string of the molecule is COc1cc(C)ccc1C(C)NCC1(C)CCCCC1. The summed E-state index contributed by atoms with van der Waals surface area (Å²) < 4.78 is 5.52. The van der Waals surface area contributed by atoms with Crippen molar-refractivity contribution in [3.8, 4) is 5.75 Å². The highest BCUT2D eigenvalue weighted by atomic mass is 16.5. The molecule has 1 aromatic carbocycles. The molecule has 0 heterocycles. The Kier molecular flexibility index (Phi) is 5.09. The van der Waals surface area contributed by atoms with Gasteiger partial charge in [0, 0.05) is 18.2 Å². The predicted octanol–water partition coefficient (Wildman–Crippen LogP) is 4.62. The van der Waals surface area contributed by atoms with E-state index in [-0.39, 0.29) is 0 Å². The van der Waals surface area contributed by atoms with E-state index in [2.05, 4.69) is 44.3 Å². The van der Waals surface area contributed by atoms with Crippen molar-refractivity contribution < 1.29 is 4.74 Å². The predicted molar refractivity (Wildman–Crippen MR) is 85.3 cm³/mol. The Morgan fingerprint density at radius 3 is 2.60 bits per heavy atom. The molecule has 2 rings (SSSR count). The van der Waals surface area contributed by atoms with Crippen LogP contribution in [0.4, 0.5) is 0 Å². The minimum atomic E-state index is 0.337. The lowest BCUT2D eigenvalue weighted by atomic mass is 9.75. The Bertz CT molecular complexity index is 435. The molecule has 2 nitrogen and oxygen atoms in total. The lowest BCUT2D eigenvalue weighted by molar-refractivity contribution is 0.201. The van der Waals surface area contributed by atoms with Crippen LogP contribution in [0.3, 0.4) is 0 Å². The summed E-state index contributed by atoms with van der Waals surface area (Å²) in [4.78, 5) is 0. The molecule has 1 aliphatic rings. The van der Waals surface area contributed by atoms with Crippen LogP contribution in [-0.2, 0) is 0 Å². The quantitative estimate of drug-likeness (QED) is 0.846. The highest BCUT2D eigenvalue weighted by molar-refractivity contribution is 5.39. The average molecular weight is 275 g/mol. The molecule has 20 heavy (non-hydrogen) atoms. The third kappa shape index (κ3) is 3.76. The summed E-state index contributed by atoms with van der Waals surface area (Å²) in [7, 11) is 1.76. The Morgan fingerprint density at radius 2 is 1.95 bits per heavy atom. The van der Waals surface area contributed by atoms with Crippen molar-refractivity contribution in [2.24, 2.45) is 5.41 Å². The zero-order valence-electron chi connectivity index (χ0n) is 13.5. The maximum atomic E-state index is 5.52. The van der Waals surface area contributed by atoms with E-state index in [1.807, 2.05) is 0 Å². The largest absolute Gasteiger partial charge is 0.496 e. The fourth-order valence-electron chi connectivity index (χ4n) is 3.27. The zero-order chi connectivity index (χ0) is 14.6. The van der Waals surface area contributed by atoms with Crippen LogP contribution in [0.25, 0.3) is 0 Å². The Labute approximate surface area is 123 Å². The molecular formula is C18H29NO. The summed E-state index contributed by atoms with van der Waals surface area (Å²) in [5.41, 5.74) is 2.99. The van der Waals surface area contributed by atoms with Crippen LogP contribution in [0.2, 0.25) is 0 Å². The first-order valence-corrected chi connectivity index (χ1v) is 7.92. The van der Waals surface area contributed by atoms with Gasteiger partial charge in [-0.3, -0.25) is 0 Å². The zero-order valence-corrected chi connectivity index (χ0v) is 13.5. The van der Waals surface area contributed by atoms with Gasteiger partial charge in [-0.15, -0.1) is 0 Å². The molecule has 0 aromatic heterocycles. The molecule has 1 unspecified atom stereocenters. The van der Waals surface area contributed by atoms with E-state index in [0.717, 1.165) is 12.3 Å². The number of methoxy groups -OCH3 is 1. The first-order chi connectivity index (χ1) is 9.54. The van der Waals surface area contributed by atoms with Crippen molar-refractivity contribution in [2.75, 3.05) is 13.7 Å². The second-order valence-electron chi connectivity index (χ2n) is 6.72. The molecule has 0 spiro atoms. The molecule has 0 saturated heterocycles. The molecule has 112 valence electrons. The molecule has 1 aliphatic carbocycles. The van der Waals surface area contributed by atoms with Crippen LogP contribution in [-0.4, -0.2) is 13.7 Å². The average Bonchev–Trinajstić information content (AvgIpc) is 2.45. The van der Waals surface area contributed by atoms with Gasteiger partial charge in [-0.2, -0.15) is 0 Å². The first kappa shape index (κ1) is 15.4. The Hall–Kier alpha value is -1.02.